The summed E-state index contributed by atoms with van der Waals surface area (Å²) in [4.78, 5) is 11.1. The lowest BCUT2D eigenvalue weighted by molar-refractivity contribution is -0.141. The van der Waals surface area contributed by atoms with Gasteiger partial charge in [-0.1, -0.05) is 78.9 Å². The lowest BCUT2D eigenvalue weighted by atomic mass is 9.53. The van der Waals surface area contributed by atoms with Gasteiger partial charge in [-0.15, -0.1) is 0 Å². The summed E-state index contributed by atoms with van der Waals surface area (Å²) in [5, 5.41) is 9.12. The normalized spacial score (nSPS) is 28.9. The number of aliphatic carboxylic acids is 1. The molecule has 0 saturated heterocycles. The molecule has 23 heavy (non-hydrogen) atoms. The predicted octanol–water partition coefficient (Wildman–Crippen LogP) is 4.73. The molecule has 0 heterocycles. The van der Waals surface area contributed by atoms with E-state index in [1.807, 2.05) is 30.4 Å². The Kier molecular flexibility index (Phi) is 4.92. The molecule has 0 spiro atoms. The van der Waals surface area contributed by atoms with E-state index in [0.717, 1.165) is 6.42 Å². The van der Waals surface area contributed by atoms with Crippen LogP contribution in [-0.4, -0.2) is 11.1 Å². The van der Waals surface area contributed by atoms with Gasteiger partial charge in [0.15, 0.2) is 0 Å². The fourth-order valence-corrected chi connectivity index (χ4v) is 3.79. The number of carbonyl (C=O) groups is 1. The molecule has 0 radical (unpaired) electrons. The van der Waals surface area contributed by atoms with E-state index in [0.29, 0.717) is 17.8 Å². The Morgan fingerprint density at radius 3 is 2.39 bits per heavy atom. The van der Waals surface area contributed by atoms with Gasteiger partial charge in [0.05, 0.1) is 0 Å². The first kappa shape index (κ1) is 15.5. The lowest BCUT2D eigenvalue weighted by Crippen LogP contribution is -2.46. The summed E-state index contributed by atoms with van der Waals surface area (Å²) in [6.45, 7) is 0. The Bertz CT molecular complexity index is 652. The minimum Gasteiger partial charge on any atom is -0.481 e. The molecular formula is C21H22O2. The summed E-state index contributed by atoms with van der Waals surface area (Å²) in [5.41, 5.74) is 1.19. The van der Waals surface area contributed by atoms with Crippen LogP contribution < -0.4 is 0 Å². The van der Waals surface area contributed by atoms with Gasteiger partial charge in [-0.3, -0.25) is 4.79 Å². The van der Waals surface area contributed by atoms with Gasteiger partial charge in [-0.2, -0.15) is 0 Å². The van der Waals surface area contributed by atoms with Crippen molar-refractivity contribution in [3.8, 4) is 0 Å². The van der Waals surface area contributed by atoms with Crippen molar-refractivity contribution in [3.05, 3.63) is 78.4 Å². The minimum absolute atomic E-state index is 0.265. The fraction of sp³-hybridized carbons (Fsp3) is 0.286. The highest BCUT2D eigenvalue weighted by atomic mass is 16.4. The molecule has 0 aliphatic heterocycles. The Labute approximate surface area is 137 Å². The second-order valence-corrected chi connectivity index (χ2v) is 6.28. The van der Waals surface area contributed by atoms with E-state index in [4.69, 9.17) is 5.11 Å². The maximum atomic E-state index is 11.1. The zero-order chi connectivity index (χ0) is 16.1. The third-order valence-electron chi connectivity index (χ3n) is 4.91. The van der Waals surface area contributed by atoms with E-state index in [9.17, 15) is 4.79 Å². The van der Waals surface area contributed by atoms with Gasteiger partial charge in [0.1, 0.15) is 0 Å². The van der Waals surface area contributed by atoms with E-state index >= 15 is 0 Å². The standard InChI is InChI=1S/C21H22O2/c22-21(23)15-20-18(17-13-7-8-14-19(17)20)12-6-2-5-11-16-9-3-1-4-10-16/h1-11,13-14,17-20H,12,15H2,(H,22,23)/t17-,18-,19-,20+/m0/s1. The van der Waals surface area contributed by atoms with Crippen molar-refractivity contribution in [1.82, 2.24) is 0 Å². The number of rotatable bonds is 6. The smallest absolute Gasteiger partial charge is 0.303 e. The van der Waals surface area contributed by atoms with E-state index < -0.39 is 5.97 Å². The molecule has 1 saturated carbocycles. The van der Waals surface area contributed by atoms with Crippen LogP contribution in [0.1, 0.15) is 18.4 Å². The van der Waals surface area contributed by atoms with Crippen molar-refractivity contribution in [2.45, 2.75) is 12.8 Å². The molecule has 0 amide bonds. The lowest BCUT2D eigenvalue weighted by Gasteiger charge is -2.50. The summed E-state index contributed by atoms with van der Waals surface area (Å²) >= 11 is 0. The molecule has 1 fully saturated rings. The van der Waals surface area contributed by atoms with Crippen LogP contribution in [0, 0.1) is 23.7 Å². The number of carboxylic acids is 1. The highest BCUT2D eigenvalue weighted by Gasteiger charge is 2.47. The van der Waals surface area contributed by atoms with Gasteiger partial charge in [-0.25, -0.2) is 0 Å². The van der Waals surface area contributed by atoms with Crippen LogP contribution in [0.5, 0.6) is 0 Å². The van der Waals surface area contributed by atoms with Gasteiger partial charge in [0.25, 0.3) is 0 Å². The first-order valence-corrected chi connectivity index (χ1v) is 8.21. The summed E-state index contributed by atoms with van der Waals surface area (Å²) in [5.74, 6) is 0.941. The number of benzene rings is 1. The molecule has 3 rings (SSSR count). The molecule has 1 N–H and O–H groups in total. The molecule has 4 atom stereocenters. The molecule has 2 nitrogen and oxygen atoms in total. The second-order valence-electron chi connectivity index (χ2n) is 6.28. The molecule has 2 aliphatic rings. The van der Waals surface area contributed by atoms with Crippen molar-refractivity contribution in [1.29, 1.82) is 0 Å². The number of hydrogen-bond acceptors (Lipinski definition) is 1. The Morgan fingerprint density at radius 1 is 1.00 bits per heavy atom. The maximum absolute atomic E-state index is 11.1. The van der Waals surface area contributed by atoms with Crippen LogP contribution in [0.2, 0.25) is 0 Å². The number of hydrogen-bond donors (Lipinski definition) is 1. The topological polar surface area (TPSA) is 37.3 Å². The Hall–Kier alpha value is -2.35. The van der Waals surface area contributed by atoms with Crippen molar-refractivity contribution in [2.75, 3.05) is 0 Å². The van der Waals surface area contributed by atoms with Crippen LogP contribution in [-0.2, 0) is 4.79 Å². The molecule has 2 heteroatoms. The second kappa shape index (κ2) is 7.28. The zero-order valence-corrected chi connectivity index (χ0v) is 13.1. The number of fused-ring (bicyclic) bond motifs is 1. The highest BCUT2D eigenvalue weighted by molar-refractivity contribution is 5.67. The fourth-order valence-electron chi connectivity index (χ4n) is 3.79. The minimum atomic E-state index is -0.686. The van der Waals surface area contributed by atoms with E-state index in [-0.39, 0.29) is 12.3 Å². The Morgan fingerprint density at radius 2 is 1.70 bits per heavy atom. The van der Waals surface area contributed by atoms with Crippen LogP contribution in [0.4, 0.5) is 0 Å². The molecule has 0 bridgehead atoms. The first-order chi connectivity index (χ1) is 11.3. The van der Waals surface area contributed by atoms with Crippen molar-refractivity contribution in [2.24, 2.45) is 23.7 Å². The van der Waals surface area contributed by atoms with E-state index in [1.54, 1.807) is 0 Å². The largest absolute Gasteiger partial charge is 0.481 e. The highest BCUT2D eigenvalue weighted by Crippen LogP contribution is 2.52. The van der Waals surface area contributed by atoms with Gasteiger partial charge in [0, 0.05) is 6.42 Å². The Balaban J connectivity index is 1.56. The third kappa shape index (κ3) is 3.70. The molecule has 1 aromatic rings. The summed E-state index contributed by atoms with van der Waals surface area (Å²) in [6, 6.07) is 10.2. The molecular weight excluding hydrogens is 284 g/mol. The van der Waals surface area contributed by atoms with Crippen molar-refractivity contribution < 1.29 is 9.90 Å². The number of carboxylic acid groups (broad SMARTS) is 1. The number of allylic oxidation sites excluding steroid dienone is 7. The predicted molar refractivity (Wildman–Crippen MR) is 93.7 cm³/mol. The van der Waals surface area contributed by atoms with Crippen LogP contribution >= 0.6 is 0 Å². The van der Waals surface area contributed by atoms with Gasteiger partial charge < -0.3 is 5.11 Å². The first-order valence-electron chi connectivity index (χ1n) is 8.21. The SMILES string of the molecule is O=C(O)C[C@H]1[C@H]2C=CC=C[C@H]2[C@@H]1CC=CC=Cc1ccccc1. The maximum Gasteiger partial charge on any atom is 0.303 e. The van der Waals surface area contributed by atoms with E-state index in [2.05, 4.69) is 48.6 Å². The van der Waals surface area contributed by atoms with E-state index in [1.165, 1.54) is 5.56 Å². The molecule has 118 valence electrons. The molecule has 1 aromatic carbocycles. The average molecular weight is 306 g/mol. The average Bonchev–Trinajstić information content (AvgIpc) is 2.57. The van der Waals surface area contributed by atoms with Gasteiger partial charge in [0.2, 0.25) is 0 Å². The van der Waals surface area contributed by atoms with Crippen LogP contribution in [0.15, 0.2) is 72.9 Å². The molecule has 0 aromatic heterocycles. The molecule has 0 unspecified atom stereocenters. The van der Waals surface area contributed by atoms with Crippen LogP contribution in [0.25, 0.3) is 6.08 Å². The molecule has 2 aliphatic carbocycles. The zero-order valence-electron chi connectivity index (χ0n) is 13.1. The summed E-state index contributed by atoms with van der Waals surface area (Å²) < 4.78 is 0. The summed E-state index contributed by atoms with van der Waals surface area (Å²) in [7, 11) is 0. The van der Waals surface area contributed by atoms with Gasteiger partial charge >= 0.3 is 5.97 Å². The quantitative estimate of drug-likeness (QED) is 0.772. The van der Waals surface area contributed by atoms with Crippen molar-refractivity contribution >= 4 is 12.0 Å². The monoisotopic (exact) mass is 306 g/mol. The van der Waals surface area contributed by atoms with Gasteiger partial charge in [-0.05, 0) is 35.7 Å². The summed E-state index contributed by atoms with van der Waals surface area (Å²) in [6.07, 6.45) is 18.1. The van der Waals surface area contributed by atoms with Crippen molar-refractivity contribution in [3.63, 3.8) is 0 Å². The third-order valence-corrected chi connectivity index (χ3v) is 4.91. The van der Waals surface area contributed by atoms with Crippen LogP contribution in [0.3, 0.4) is 0 Å².